The van der Waals surface area contributed by atoms with Gasteiger partial charge in [-0.15, -0.1) is 0 Å². The van der Waals surface area contributed by atoms with Crippen molar-refractivity contribution in [1.82, 2.24) is 9.80 Å². The van der Waals surface area contributed by atoms with Crippen LogP contribution in [0.2, 0.25) is 0 Å². The average molecular weight is 282 g/mol. The fraction of sp³-hybridized carbons (Fsp3) is 0.867. The van der Waals surface area contributed by atoms with Crippen LogP contribution in [0.25, 0.3) is 0 Å². The van der Waals surface area contributed by atoms with E-state index in [-0.39, 0.29) is 24.5 Å². The lowest BCUT2D eigenvalue weighted by Crippen LogP contribution is -2.54. The maximum Gasteiger partial charge on any atom is 0.245 e. The van der Waals surface area contributed by atoms with Crippen LogP contribution in [0.4, 0.5) is 0 Å². The predicted molar refractivity (Wildman–Crippen MR) is 76.0 cm³/mol. The number of aliphatic hydroxyl groups excluding tert-OH is 1. The fourth-order valence-corrected chi connectivity index (χ4v) is 3.24. The van der Waals surface area contributed by atoms with E-state index in [4.69, 9.17) is 5.11 Å². The molecule has 1 unspecified atom stereocenters. The highest BCUT2D eigenvalue weighted by Gasteiger charge is 2.35. The summed E-state index contributed by atoms with van der Waals surface area (Å²) >= 11 is 0. The number of amides is 2. The molecular formula is C15H26N2O3. The van der Waals surface area contributed by atoms with E-state index in [0.29, 0.717) is 25.4 Å². The molecule has 20 heavy (non-hydrogen) atoms. The molecule has 0 aromatic carbocycles. The lowest BCUT2D eigenvalue weighted by Gasteiger charge is -2.39. The summed E-state index contributed by atoms with van der Waals surface area (Å²) in [7, 11) is 0. The Morgan fingerprint density at radius 1 is 1.10 bits per heavy atom. The molecule has 2 rings (SSSR count). The van der Waals surface area contributed by atoms with E-state index in [1.807, 2.05) is 11.8 Å². The second-order valence-electron chi connectivity index (χ2n) is 5.90. The first-order chi connectivity index (χ1) is 9.67. The smallest absolute Gasteiger partial charge is 0.245 e. The van der Waals surface area contributed by atoms with Crippen molar-refractivity contribution in [3.63, 3.8) is 0 Å². The molecule has 0 saturated carbocycles. The summed E-state index contributed by atoms with van der Waals surface area (Å²) in [5.41, 5.74) is 0. The van der Waals surface area contributed by atoms with Crippen molar-refractivity contribution in [2.75, 3.05) is 26.2 Å². The minimum Gasteiger partial charge on any atom is -0.396 e. The molecule has 2 heterocycles. The van der Waals surface area contributed by atoms with Crippen LogP contribution in [0.15, 0.2) is 0 Å². The average Bonchev–Trinajstić information content (AvgIpc) is 2.53. The summed E-state index contributed by atoms with van der Waals surface area (Å²) in [6.07, 6.45) is 5.04. The number of carbonyl (C=O) groups excluding carboxylic acids is 2. The van der Waals surface area contributed by atoms with E-state index in [1.54, 1.807) is 4.90 Å². The van der Waals surface area contributed by atoms with Crippen molar-refractivity contribution >= 4 is 11.8 Å². The van der Waals surface area contributed by atoms with E-state index in [0.717, 1.165) is 38.6 Å². The van der Waals surface area contributed by atoms with Gasteiger partial charge in [0, 0.05) is 32.7 Å². The second-order valence-corrected chi connectivity index (χ2v) is 5.90. The highest BCUT2D eigenvalue weighted by atomic mass is 16.3. The van der Waals surface area contributed by atoms with Crippen molar-refractivity contribution in [2.24, 2.45) is 5.92 Å². The molecule has 0 aromatic heterocycles. The van der Waals surface area contributed by atoms with E-state index in [9.17, 15) is 9.59 Å². The van der Waals surface area contributed by atoms with Gasteiger partial charge in [0.05, 0.1) is 0 Å². The number of hydrogen-bond acceptors (Lipinski definition) is 3. The molecule has 2 fully saturated rings. The van der Waals surface area contributed by atoms with Crippen LogP contribution in [0.5, 0.6) is 0 Å². The lowest BCUT2D eigenvalue weighted by atomic mass is 9.95. The minimum absolute atomic E-state index is 0.0910. The van der Waals surface area contributed by atoms with Gasteiger partial charge >= 0.3 is 0 Å². The zero-order valence-corrected chi connectivity index (χ0v) is 12.4. The zero-order valence-electron chi connectivity index (χ0n) is 12.4. The highest BCUT2D eigenvalue weighted by Crippen LogP contribution is 2.23. The molecule has 0 bridgehead atoms. The third-order valence-electron chi connectivity index (χ3n) is 4.60. The SMILES string of the molecule is CCC(=O)N1CCCCC1C(=O)N1CCC(CO)CC1. The number of hydrogen-bond donors (Lipinski definition) is 1. The van der Waals surface area contributed by atoms with Crippen LogP contribution in [0.1, 0.15) is 45.4 Å². The Bertz CT molecular complexity index is 351. The van der Waals surface area contributed by atoms with Crippen LogP contribution in [0.3, 0.4) is 0 Å². The molecule has 5 nitrogen and oxygen atoms in total. The van der Waals surface area contributed by atoms with Crippen molar-refractivity contribution < 1.29 is 14.7 Å². The molecule has 5 heteroatoms. The highest BCUT2D eigenvalue weighted by molar-refractivity contribution is 5.87. The first-order valence-corrected chi connectivity index (χ1v) is 7.86. The maximum absolute atomic E-state index is 12.6. The van der Waals surface area contributed by atoms with Gasteiger partial charge in [-0.05, 0) is 38.0 Å². The zero-order chi connectivity index (χ0) is 14.5. The van der Waals surface area contributed by atoms with Gasteiger partial charge in [-0.2, -0.15) is 0 Å². The van der Waals surface area contributed by atoms with Gasteiger partial charge in [0.25, 0.3) is 0 Å². The molecule has 0 aromatic rings. The number of nitrogens with zero attached hydrogens (tertiary/aromatic N) is 2. The number of aliphatic hydroxyl groups is 1. The van der Waals surface area contributed by atoms with E-state index < -0.39 is 0 Å². The molecule has 2 saturated heterocycles. The molecule has 0 spiro atoms. The Balaban J connectivity index is 1.97. The van der Waals surface area contributed by atoms with Crippen LogP contribution in [0, 0.1) is 5.92 Å². The molecule has 1 atom stereocenters. The van der Waals surface area contributed by atoms with Crippen LogP contribution in [-0.4, -0.2) is 59.0 Å². The van der Waals surface area contributed by atoms with E-state index >= 15 is 0 Å². The summed E-state index contributed by atoms with van der Waals surface area (Å²) in [6, 6.07) is -0.248. The summed E-state index contributed by atoms with van der Waals surface area (Å²) in [5.74, 6) is 0.537. The fourth-order valence-electron chi connectivity index (χ4n) is 3.24. The first-order valence-electron chi connectivity index (χ1n) is 7.86. The van der Waals surface area contributed by atoms with Crippen molar-refractivity contribution in [2.45, 2.75) is 51.5 Å². The summed E-state index contributed by atoms with van der Waals surface area (Å²) < 4.78 is 0. The molecule has 114 valence electrons. The normalized spacial score (nSPS) is 24.8. The van der Waals surface area contributed by atoms with Crippen LogP contribution >= 0.6 is 0 Å². The third-order valence-corrected chi connectivity index (χ3v) is 4.60. The molecule has 2 amide bonds. The topological polar surface area (TPSA) is 60.9 Å². The largest absolute Gasteiger partial charge is 0.396 e. The van der Waals surface area contributed by atoms with Gasteiger partial charge in [0.1, 0.15) is 6.04 Å². The monoisotopic (exact) mass is 282 g/mol. The van der Waals surface area contributed by atoms with Gasteiger partial charge in [0.15, 0.2) is 0 Å². The first kappa shape index (κ1) is 15.3. The van der Waals surface area contributed by atoms with Gasteiger partial charge < -0.3 is 14.9 Å². The standard InChI is InChI=1S/C15H26N2O3/c1-2-14(19)17-8-4-3-5-13(17)15(20)16-9-6-12(11-18)7-10-16/h12-13,18H,2-11H2,1H3. The Hall–Kier alpha value is -1.10. The quantitative estimate of drug-likeness (QED) is 0.840. The van der Waals surface area contributed by atoms with Gasteiger partial charge in [-0.25, -0.2) is 0 Å². The Kier molecular flexibility index (Phi) is 5.40. The molecule has 0 aliphatic carbocycles. The Morgan fingerprint density at radius 2 is 1.80 bits per heavy atom. The summed E-state index contributed by atoms with van der Waals surface area (Å²) in [6.45, 7) is 4.22. The predicted octanol–water partition coefficient (Wildman–Crippen LogP) is 1.01. The van der Waals surface area contributed by atoms with Gasteiger partial charge in [0.2, 0.25) is 11.8 Å². The second kappa shape index (κ2) is 7.07. The number of likely N-dealkylation sites (tertiary alicyclic amines) is 2. The van der Waals surface area contributed by atoms with Crippen molar-refractivity contribution in [1.29, 1.82) is 0 Å². The number of carbonyl (C=O) groups is 2. The third kappa shape index (κ3) is 3.32. The number of piperidine rings is 2. The molecule has 1 N–H and O–H groups in total. The van der Waals surface area contributed by atoms with Gasteiger partial charge in [-0.1, -0.05) is 6.92 Å². The Morgan fingerprint density at radius 3 is 2.40 bits per heavy atom. The van der Waals surface area contributed by atoms with Gasteiger partial charge in [-0.3, -0.25) is 9.59 Å². The summed E-state index contributed by atoms with van der Waals surface area (Å²) in [4.78, 5) is 28.3. The van der Waals surface area contributed by atoms with E-state index in [1.165, 1.54) is 0 Å². The van der Waals surface area contributed by atoms with Crippen molar-refractivity contribution in [3.8, 4) is 0 Å². The van der Waals surface area contributed by atoms with Crippen LogP contribution < -0.4 is 0 Å². The van der Waals surface area contributed by atoms with Crippen LogP contribution in [-0.2, 0) is 9.59 Å². The van der Waals surface area contributed by atoms with E-state index in [2.05, 4.69) is 0 Å². The minimum atomic E-state index is -0.248. The lowest BCUT2D eigenvalue weighted by molar-refractivity contribution is -0.148. The molecule has 2 aliphatic heterocycles. The number of rotatable bonds is 3. The maximum atomic E-state index is 12.6. The Labute approximate surface area is 120 Å². The molecular weight excluding hydrogens is 256 g/mol. The molecule has 0 radical (unpaired) electrons. The van der Waals surface area contributed by atoms with Crippen molar-refractivity contribution in [3.05, 3.63) is 0 Å². The summed E-state index contributed by atoms with van der Waals surface area (Å²) in [5, 5.41) is 9.16. The molecule has 2 aliphatic rings.